The van der Waals surface area contributed by atoms with Crippen molar-refractivity contribution in [3.8, 4) is 11.5 Å². The molecule has 1 aromatic heterocycles. The van der Waals surface area contributed by atoms with Crippen LogP contribution in [0.2, 0.25) is 5.02 Å². The number of pyridine rings is 1. The number of benzene rings is 2. The topological polar surface area (TPSA) is 55.7 Å². The van der Waals surface area contributed by atoms with Crippen LogP contribution < -0.4 is 14.9 Å². The highest BCUT2D eigenvalue weighted by Gasteiger charge is 2.06. The third-order valence-electron chi connectivity index (χ3n) is 3.55. The maximum Gasteiger partial charge on any atom is 0.161 e. The molecule has 0 unspecified atom stereocenters. The molecule has 0 aliphatic carbocycles. The van der Waals surface area contributed by atoms with Crippen LogP contribution in [0.5, 0.6) is 11.5 Å². The van der Waals surface area contributed by atoms with E-state index in [0.29, 0.717) is 28.9 Å². The summed E-state index contributed by atoms with van der Waals surface area (Å²) in [5.41, 5.74) is 4.78. The van der Waals surface area contributed by atoms with Gasteiger partial charge in [0.1, 0.15) is 12.4 Å². The molecule has 5 nitrogen and oxygen atoms in total. The van der Waals surface area contributed by atoms with Crippen molar-refractivity contribution in [1.82, 2.24) is 4.98 Å². The minimum atomic E-state index is 0.433. The molecule has 0 aliphatic rings. The highest BCUT2D eigenvalue weighted by atomic mass is 35.5. The van der Waals surface area contributed by atoms with Crippen LogP contribution in [0.4, 0.5) is 5.82 Å². The number of anilines is 1. The van der Waals surface area contributed by atoms with Gasteiger partial charge in [-0.25, -0.2) is 4.98 Å². The molecule has 6 heteroatoms. The fourth-order valence-corrected chi connectivity index (χ4v) is 2.35. The molecule has 3 rings (SSSR count). The average Bonchev–Trinajstić information content (AvgIpc) is 2.69. The van der Waals surface area contributed by atoms with Crippen LogP contribution in [0.25, 0.3) is 0 Å². The van der Waals surface area contributed by atoms with E-state index in [1.807, 2.05) is 60.7 Å². The molecule has 0 spiro atoms. The second-order valence-electron chi connectivity index (χ2n) is 5.41. The lowest BCUT2D eigenvalue weighted by Gasteiger charge is -2.11. The number of rotatable bonds is 7. The number of nitrogens with zero attached hydrogens (tertiary/aromatic N) is 2. The van der Waals surface area contributed by atoms with Crippen molar-refractivity contribution in [2.75, 3.05) is 12.5 Å². The third kappa shape index (κ3) is 4.97. The Kier molecular flexibility index (Phi) is 6.06. The van der Waals surface area contributed by atoms with Gasteiger partial charge in [0.05, 0.1) is 13.3 Å². The Morgan fingerprint density at radius 1 is 1.08 bits per heavy atom. The van der Waals surface area contributed by atoms with Crippen molar-refractivity contribution >= 4 is 23.6 Å². The quantitative estimate of drug-likeness (QED) is 0.483. The Bertz CT molecular complexity index is 868. The van der Waals surface area contributed by atoms with Gasteiger partial charge in [0, 0.05) is 11.2 Å². The predicted molar refractivity (Wildman–Crippen MR) is 104 cm³/mol. The van der Waals surface area contributed by atoms with E-state index in [0.717, 1.165) is 11.1 Å². The second-order valence-corrected chi connectivity index (χ2v) is 5.85. The molecule has 1 heterocycles. The number of halogens is 1. The molecular weight excluding hydrogens is 350 g/mol. The number of hydrogen-bond acceptors (Lipinski definition) is 5. The first-order chi connectivity index (χ1) is 12.7. The van der Waals surface area contributed by atoms with Crippen LogP contribution in [0, 0.1) is 0 Å². The first-order valence-corrected chi connectivity index (χ1v) is 8.38. The summed E-state index contributed by atoms with van der Waals surface area (Å²) in [4.78, 5) is 4.14. The highest BCUT2D eigenvalue weighted by Crippen LogP contribution is 2.28. The summed E-state index contributed by atoms with van der Waals surface area (Å²) in [5, 5.41) is 4.88. The second kappa shape index (κ2) is 8.87. The Morgan fingerprint density at radius 3 is 2.65 bits per heavy atom. The lowest BCUT2D eigenvalue weighted by atomic mass is 10.2. The van der Waals surface area contributed by atoms with E-state index >= 15 is 0 Å². The Morgan fingerprint density at radius 2 is 1.92 bits per heavy atom. The molecule has 0 aliphatic heterocycles. The van der Waals surface area contributed by atoms with Crippen molar-refractivity contribution < 1.29 is 9.47 Å². The van der Waals surface area contributed by atoms with Crippen molar-refractivity contribution in [1.29, 1.82) is 0 Å². The molecule has 3 aromatic rings. The van der Waals surface area contributed by atoms with Gasteiger partial charge in [-0.3, -0.25) is 5.43 Å². The van der Waals surface area contributed by atoms with E-state index in [-0.39, 0.29) is 0 Å². The fraction of sp³-hybridized carbons (Fsp3) is 0.100. The van der Waals surface area contributed by atoms with Gasteiger partial charge in [0.2, 0.25) is 0 Å². The van der Waals surface area contributed by atoms with Crippen LogP contribution in [0.1, 0.15) is 11.1 Å². The highest BCUT2D eigenvalue weighted by molar-refractivity contribution is 6.30. The molecule has 0 radical (unpaired) electrons. The molecule has 132 valence electrons. The largest absolute Gasteiger partial charge is 0.493 e. The zero-order valence-electron chi connectivity index (χ0n) is 14.2. The van der Waals surface area contributed by atoms with Gasteiger partial charge in [-0.2, -0.15) is 5.10 Å². The number of hydrazone groups is 1. The number of ether oxygens (including phenoxy) is 2. The van der Waals surface area contributed by atoms with Crippen LogP contribution in [0.15, 0.2) is 72.0 Å². The van der Waals surface area contributed by atoms with Gasteiger partial charge < -0.3 is 9.47 Å². The molecule has 0 bridgehead atoms. The molecule has 0 fully saturated rings. The standard InChI is InChI=1S/C20H18ClN3O2/c1-25-19-12-16(13-23-24-20-4-2-3-11-22-20)7-10-18(19)26-14-15-5-8-17(21)9-6-15/h2-13H,14H2,1H3,(H,22,24). The van der Waals surface area contributed by atoms with E-state index in [9.17, 15) is 0 Å². The molecule has 0 atom stereocenters. The summed E-state index contributed by atoms with van der Waals surface area (Å²) < 4.78 is 11.3. The van der Waals surface area contributed by atoms with Gasteiger partial charge in [0.25, 0.3) is 0 Å². The first kappa shape index (κ1) is 17.8. The molecule has 1 N–H and O–H groups in total. The SMILES string of the molecule is COc1cc(C=NNc2ccccn2)ccc1OCc1ccc(Cl)cc1. The molecule has 0 amide bonds. The van der Waals surface area contributed by atoms with E-state index in [1.54, 1.807) is 19.5 Å². The van der Waals surface area contributed by atoms with Gasteiger partial charge in [-0.15, -0.1) is 0 Å². The lowest BCUT2D eigenvalue weighted by molar-refractivity contribution is 0.284. The van der Waals surface area contributed by atoms with E-state index in [1.165, 1.54) is 0 Å². The van der Waals surface area contributed by atoms with Crippen molar-refractivity contribution in [2.45, 2.75) is 6.61 Å². The lowest BCUT2D eigenvalue weighted by Crippen LogP contribution is -1.98. The van der Waals surface area contributed by atoms with Crippen LogP contribution >= 0.6 is 11.6 Å². The summed E-state index contributed by atoms with van der Waals surface area (Å²) in [6, 6.07) is 18.7. The number of hydrogen-bond donors (Lipinski definition) is 1. The Balaban J connectivity index is 1.64. The van der Waals surface area contributed by atoms with Crippen molar-refractivity contribution in [3.63, 3.8) is 0 Å². The van der Waals surface area contributed by atoms with Crippen LogP contribution in [0.3, 0.4) is 0 Å². The Labute approximate surface area is 157 Å². The van der Waals surface area contributed by atoms with Gasteiger partial charge in [-0.1, -0.05) is 29.8 Å². The normalized spacial score (nSPS) is 10.7. The molecule has 26 heavy (non-hydrogen) atoms. The molecule has 0 saturated carbocycles. The smallest absolute Gasteiger partial charge is 0.161 e. The van der Waals surface area contributed by atoms with Crippen LogP contribution in [-0.2, 0) is 6.61 Å². The first-order valence-electron chi connectivity index (χ1n) is 8.00. The van der Waals surface area contributed by atoms with Gasteiger partial charge in [0.15, 0.2) is 11.5 Å². The monoisotopic (exact) mass is 367 g/mol. The summed E-state index contributed by atoms with van der Waals surface area (Å²) in [6.07, 6.45) is 3.40. The summed E-state index contributed by atoms with van der Waals surface area (Å²) >= 11 is 5.89. The average molecular weight is 368 g/mol. The number of nitrogens with one attached hydrogen (secondary N) is 1. The summed E-state index contributed by atoms with van der Waals surface area (Å²) in [7, 11) is 1.61. The zero-order valence-corrected chi connectivity index (χ0v) is 15.0. The van der Waals surface area contributed by atoms with E-state index in [2.05, 4.69) is 15.5 Å². The third-order valence-corrected chi connectivity index (χ3v) is 3.80. The minimum absolute atomic E-state index is 0.433. The molecule has 2 aromatic carbocycles. The minimum Gasteiger partial charge on any atom is -0.493 e. The fourth-order valence-electron chi connectivity index (χ4n) is 2.23. The van der Waals surface area contributed by atoms with Gasteiger partial charge in [-0.05, 0) is 53.6 Å². The number of methoxy groups -OCH3 is 1. The maximum absolute atomic E-state index is 5.89. The summed E-state index contributed by atoms with van der Waals surface area (Å²) in [5.74, 6) is 1.98. The van der Waals surface area contributed by atoms with Crippen molar-refractivity contribution in [2.24, 2.45) is 5.10 Å². The zero-order chi connectivity index (χ0) is 18.2. The van der Waals surface area contributed by atoms with Crippen molar-refractivity contribution in [3.05, 3.63) is 83.0 Å². The Hall–Kier alpha value is -3.05. The maximum atomic E-state index is 5.89. The predicted octanol–water partition coefficient (Wildman–Crippen LogP) is 4.77. The van der Waals surface area contributed by atoms with E-state index < -0.39 is 0 Å². The van der Waals surface area contributed by atoms with E-state index in [4.69, 9.17) is 21.1 Å². The summed E-state index contributed by atoms with van der Waals surface area (Å²) in [6.45, 7) is 0.433. The number of aromatic nitrogens is 1. The van der Waals surface area contributed by atoms with Crippen LogP contribution in [-0.4, -0.2) is 18.3 Å². The molecule has 0 saturated heterocycles. The molecular formula is C20H18ClN3O2. The van der Waals surface area contributed by atoms with Gasteiger partial charge >= 0.3 is 0 Å².